The zero-order chi connectivity index (χ0) is 26.7. The van der Waals surface area contributed by atoms with Gasteiger partial charge in [-0.25, -0.2) is 15.0 Å². The van der Waals surface area contributed by atoms with E-state index in [1.807, 2.05) is 6.92 Å². The summed E-state index contributed by atoms with van der Waals surface area (Å²) in [4.78, 5) is 35.5. The fourth-order valence-electron chi connectivity index (χ4n) is 5.09. The van der Waals surface area contributed by atoms with Gasteiger partial charge in [0.1, 0.15) is 11.3 Å². The SMILES string of the molecule is Cc1nc(N2CCC(N3CCCC3)CC2)nc2ncc(NC(=O)CCc3ccc(OC(F)(F)F)cc3)nc12. The standard InChI is InChI=1S/C26H30F3N7O2/c1-17-23-24(34-25(31-17)36-14-10-19(11-15-36)35-12-2-3-13-35)30-16-21(33-23)32-22(37)9-6-18-4-7-20(8-5-18)38-26(27,28)29/h4-5,7-8,16,19H,2-3,6,9-15H2,1H3,(H,32,33,37). The molecule has 2 aliphatic rings. The third-order valence-electron chi connectivity index (χ3n) is 7.04. The highest BCUT2D eigenvalue weighted by molar-refractivity contribution is 5.90. The number of carbonyl (C=O) groups excluding carboxylic acids is 1. The number of anilines is 2. The highest BCUT2D eigenvalue weighted by atomic mass is 19.4. The molecule has 4 heterocycles. The summed E-state index contributed by atoms with van der Waals surface area (Å²) in [7, 11) is 0. The van der Waals surface area contributed by atoms with E-state index < -0.39 is 6.36 Å². The number of aromatic nitrogens is 4. The number of fused-ring (bicyclic) bond motifs is 1. The van der Waals surface area contributed by atoms with Crippen LogP contribution < -0.4 is 15.0 Å². The lowest BCUT2D eigenvalue weighted by Gasteiger charge is -2.36. The summed E-state index contributed by atoms with van der Waals surface area (Å²) in [5.41, 5.74) is 2.41. The molecule has 12 heteroatoms. The van der Waals surface area contributed by atoms with Gasteiger partial charge < -0.3 is 19.9 Å². The number of hydrogen-bond donors (Lipinski definition) is 1. The minimum absolute atomic E-state index is 0.126. The van der Waals surface area contributed by atoms with Crippen LogP contribution in [0.3, 0.4) is 0 Å². The van der Waals surface area contributed by atoms with Crippen molar-refractivity contribution in [1.82, 2.24) is 24.8 Å². The number of alkyl halides is 3. The maximum absolute atomic E-state index is 12.5. The molecule has 1 amide bonds. The first-order valence-electron chi connectivity index (χ1n) is 12.9. The summed E-state index contributed by atoms with van der Waals surface area (Å²) in [5, 5.41) is 2.73. The predicted molar refractivity (Wildman–Crippen MR) is 136 cm³/mol. The number of ether oxygens (including phenoxy) is 1. The highest BCUT2D eigenvalue weighted by Gasteiger charge is 2.31. The fraction of sp³-hybridized carbons (Fsp3) is 0.500. The van der Waals surface area contributed by atoms with Crippen LogP contribution in [-0.4, -0.2) is 69.3 Å². The lowest BCUT2D eigenvalue weighted by atomic mass is 10.0. The third-order valence-corrected chi connectivity index (χ3v) is 7.04. The molecule has 38 heavy (non-hydrogen) atoms. The normalized spacial score (nSPS) is 17.2. The molecule has 0 atom stereocenters. The number of nitrogens with one attached hydrogen (secondary N) is 1. The maximum atomic E-state index is 12.5. The van der Waals surface area contributed by atoms with Gasteiger partial charge in [0, 0.05) is 25.6 Å². The largest absolute Gasteiger partial charge is 0.573 e. The van der Waals surface area contributed by atoms with Gasteiger partial charge in [-0.3, -0.25) is 4.79 Å². The quantitative estimate of drug-likeness (QED) is 0.485. The van der Waals surface area contributed by atoms with Crippen molar-refractivity contribution in [1.29, 1.82) is 0 Å². The van der Waals surface area contributed by atoms with Crippen LogP contribution in [0, 0.1) is 6.92 Å². The molecule has 2 fully saturated rings. The molecular formula is C26H30F3N7O2. The van der Waals surface area contributed by atoms with Crippen LogP contribution in [0.15, 0.2) is 30.5 Å². The highest BCUT2D eigenvalue weighted by Crippen LogP contribution is 2.25. The molecule has 2 aromatic heterocycles. The van der Waals surface area contributed by atoms with Crippen LogP contribution in [0.2, 0.25) is 0 Å². The Labute approximate surface area is 218 Å². The summed E-state index contributed by atoms with van der Waals surface area (Å²) in [6.07, 6.45) is 2.00. The number of amides is 1. The number of carbonyl (C=O) groups is 1. The molecule has 202 valence electrons. The van der Waals surface area contributed by atoms with E-state index in [1.165, 1.54) is 56.4 Å². The van der Waals surface area contributed by atoms with Crippen molar-refractivity contribution in [3.63, 3.8) is 0 Å². The Bertz CT molecular complexity index is 1270. The molecule has 1 N–H and O–H groups in total. The van der Waals surface area contributed by atoms with Gasteiger partial charge in [-0.2, -0.15) is 4.98 Å². The van der Waals surface area contributed by atoms with E-state index in [2.05, 4.69) is 39.8 Å². The smallest absolute Gasteiger partial charge is 0.406 e. The number of nitrogens with zero attached hydrogens (tertiary/aromatic N) is 6. The van der Waals surface area contributed by atoms with Crippen molar-refractivity contribution in [3.8, 4) is 5.75 Å². The average molecular weight is 530 g/mol. The van der Waals surface area contributed by atoms with Crippen LogP contribution in [-0.2, 0) is 11.2 Å². The number of aryl methyl sites for hydroxylation is 2. The monoisotopic (exact) mass is 529 g/mol. The summed E-state index contributed by atoms with van der Waals surface area (Å²) in [5.74, 6) is 0.365. The molecule has 0 aliphatic carbocycles. The molecule has 9 nitrogen and oxygen atoms in total. The van der Waals surface area contributed by atoms with Gasteiger partial charge in [0.2, 0.25) is 11.9 Å². The molecule has 0 unspecified atom stereocenters. The lowest BCUT2D eigenvalue weighted by molar-refractivity contribution is -0.274. The van der Waals surface area contributed by atoms with Gasteiger partial charge >= 0.3 is 6.36 Å². The van der Waals surface area contributed by atoms with Crippen molar-refractivity contribution in [3.05, 3.63) is 41.7 Å². The van der Waals surface area contributed by atoms with E-state index in [-0.39, 0.29) is 18.1 Å². The number of hydrogen-bond acceptors (Lipinski definition) is 8. The van der Waals surface area contributed by atoms with E-state index in [0.29, 0.717) is 46.7 Å². The Balaban J connectivity index is 1.17. The number of rotatable bonds is 7. The summed E-state index contributed by atoms with van der Waals surface area (Å²) >= 11 is 0. The predicted octanol–water partition coefficient (Wildman–Crippen LogP) is 4.26. The van der Waals surface area contributed by atoms with E-state index in [4.69, 9.17) is 0 Å². The van der Waals surface area contributed by atoms with Crippen LogP contribution >= 0.6 is 0 Å². The number of piperidine rings is 1. The van der Waals surface area contributed by atoms with Crippen molar-refractivity contribution in [2.75, 3.05) is 36.4 Å². The number of benzene rings is 1. The van der Waals surface area contributed by atoms with Gasteiger partial charge in [0.15, 0.2) is 11.5 Å². The molecule has 5 rings (SSSR count). The topological polar surface area (TPSA) is 96.4 Å². The van der Waals surface area contributed by atoms with Crippen molar-refractivity contribution in [2.24, 2.45) is 0 Å². The summed E-state index contributed by atoms with van der Waals surface area (Å²) in [6, 6.07) is 6.09. The second-order valence-electron chi connectivity index (χ2n) is 9.74. The zero-order valence-corrected chi connectivity index (χ0v) is 21.2. The molecule has 2 aliphatic heterocycles. The van der Waals surface area contributed by atoms with Crippen LogP contribution in [0.5, 0.6) is 5.75 Å². The fourth-order valence-corrected chi connectivity index (χ4v) is 5.09. The molecule has 3 aromatic rings. The first-order chi connectivity index (χ1) is 18.2. The Morgan fingerprint density at radius 3 is 2.45 bits per heavy atom. The minimum Gasteiger partial charge on any atom is -0.406 e. The average Bonchev–Trinajstić information content (AvgIpc) is 3.43. The minimum atomic E-state index is -4.74. The van der Waals surface area contributed by atoms with Crippen molar-refractivity contribution < 1.29 is 22.7 Å². The summed E-state index contributed by atoms with van der Waals surface area (Å²) < 4.78 is 40.7. The van der Waals surface area contributed by atoms with Gasteiger partial charge in [-0.15, -0.1) is 13.2 Å². The molecule has 0 bridgehead atoms. The van der Waals surface area contributed by atoms with E-state index >= 15 is 0 Å². The van der Waals surface area contributed by atoms with Crippen LogP contribution in [0.4, 0.5) is 24.9 Å². The van der Waals surface area contributed by atoms with Crippen LogP contribution in [0.1, 0.15) is 43.4 Å². The molecule has 0 radical (unpaired) electrons. The second kappa shape index (κ2) is 11.1. The van der Waals surface area contributed by atoms with Crippen molar-refractivity contribution in [2.45, 2.75) is 57.9 Å². The Morgan fingerprint density at radius 2 is 1.76 bits per heavy atom. The van der Waals surface area contributed by atoms with Gasteiger partial charge in [0.05, 0.1) is 11.9 Å². The molecule has 2 saturated heterocycles. The van der Waals surface area contributed by atoms with E-state index in [9.17, 15) is 18.0 Å². The second-order valence-corrected chi connectivity index (χ2v) is 9.74. The van der Waals surface area contributed by atoms with Gasteiger partial charge in [-0.05, 0) is 69.8 Å². The third kappa shape index (κ3) is 6.47. The molecule has 1 aromatic carbocycles. The van der Waals surface area contributed by atoms with Gasteiger partial charge in [-0.1, -0.05) is 12.1 Å². The first-order valence-corrected chi connectivity index (χ1v) is 12.9. The Kier molecular flexibility index (Phi) is 7.59. The first kappa shape index (κ1) is 26.1. The summed E-state index contributed by atoms with van der Waals surface area (Å²) in [6.45, 7) is 6.09. The molecule has 0 spiro atoms. The van der Waals surface area contributed by atoms with E-state index in [0.717, 1.165) is 25.9 Å². The Hall–Kier alpha value is -3.54. The number of halogens is 3. The van der Waals surface area contributed by atoms with E-state index in [1.54, 1.807) is 0 Å². The maximum Gasteiger partial charge on any atom is 0.573 e. The van der Waals surface area contributed by atoms with Crippen LogP contribution in [0.25, 0.3) is 11.2 Å². The lowest BCUT2D eigenvalue weighted by Crippen LogP contribution is -2.44. The van der Waals surface area contributed by atoms with Gasteiger partial charge in [0.25, 0.3) is 0 Å². The zero-order valence-electron chi connectivity index (χ0n) is 21.2. The Morgan fingerprint density at radius 1 is 1.05 bits per heavy atom. The number of likely N-dealkylation sites (tertiary alicyclic amines) is 1. The van der Waals surface area contributed by atoms with Crippen molar-refractivity contribution >= 4 is 28.8 Å². The molecular weight excluding hydrogens is 499 g/mol. The molecule has 0 saturated carbocycles.